The quantitative estimate of drug-likeness (QED) is 0.232. The monoisotopic (exact) mass is 527 g/mol. The summed E-state index contributed by atoms with van der Waals surface area (Å²) in [7, 11) is 0. The van der Waals surface area contributed by atoms with Crippen LogP contribution < -0.4 is 4.90 Å². The predicted molar refractivity (Wildman–Crippen MR) is 152 cm³/mol. The van der Waals surface area contributed by atoms with Crippen LogP contribution in [0.3, 0.4) is 0 Å². The molecule has 0 saturated heterocycles. The Kier molecular flexibility index (Phi) is 6.24. The van der Waals surface area contributed by atoms with Crippen molar-refractivity contribution in [3.63, 3.8) is 0 Å². The summed E-state index contributed by atoms with van der Waals surface area (Å²) in [6.45, 7) is 7.02. The van der Waals surface area contributed by atoms with E-state index < -0.39 is 0 Å². The summed E-state index contributed by atoms with van der Waals surface area (Å²) >= 11 is 3.20. The van der Waals surface area contributed by atoms with Gasteiger partial charge in [-0.05, 0) is 60.4 Å². The molecule has 0 fully saturated rings. The molecule has 6 nitrogen and oxygen atoms in total. The zero-order valence-electron chi connectivity index (χ0n) is 21.2. The molecule has 0 N–H and O–H groups in total. The Balaban J connectivity index is 1.28. The van der Waals surface area contributed by atoms with E-state index in [1.54, 1.807) is 22.6 Å². The number of fused-ring (bicyclic) bond motifs is 5. The molecule has 8 heteroatoms. The second-order valence-electron chi connectivity index (χ2n) is 10.6. The maximum absolute atomic E-state index is 13.5. The lowest BCUT2D eigenvalue weighted by molar-refractivity contribution is -0.115. The average molecular weight is 528 g/mol. The van der Waals surface area contributed by atoms with Crippen molar-refractivity contribution in [1.82, 2.24) is 19.6 Å². The fraction of sp³-hybridized carbons (Fsp3) is 0.310. The van der Waals surface area contributed by atoms with E-state index in [0.29, 0.717) is 16.5 Å². The average Bonchev–Trinajstić information content (AvgIpc) is 3.48. The van der Waals surface area contributed by atoms with Gasteiger partial charge in [-0.1, -0.05) is 68.9 Å². The number of hydrogen-bond donors (Lipinski definition) is 0. The van der Waals surface area contributed by atoms with Crippen LogP contribution in [0.5, 0.6) is 0 Å². The molecule has 2 aromatic carbocycles. The summed E-state index contributed by atoms with van der Waals surface area (Å²) < 4.78 is 1.94. The predicted octanol–water partition coefficient (Wildman–Crippen LogP) is 6.95. The van der Waals surface area contributed by atoms with E-state index in [4.69, 9.17) is 4.98 Å². The summed E-state index contributed by atoms with van der Waals surface area (Å²) in [5, 5.41) is 10.9. The number of hydrogen-bond acceptors (Lipinski definition) is 6. The lowest BCUT2D eigenvalue weighted by Crippen LogP contribution is -2.27. The standard InChI is InChI=1S/C29H29N5OS2/c1-29(2,3)19-14-15-22-23(16-19)37-27-25(22)26-31-32-28(33(26)18-30-27)36-17-24(35)34(20-10-6-4-7-11-20)21-12-8-5-9-13-21/h4-13,18-19H,14-17H2,1-3H3/t19-/m0/s1. The first-order chi connectivity index (χ1) is 17.9. The number of aryl methyl sites for hydroxylation is 1. The lowest BCUT2D eigenvalue weighted by atomic mass is 9.72. The molecule has 1 amide bonds. The van der Waals surface area contributed by atoms with E-state index in [1.807, 2.05) is 65.1 Å². The van der Waals surface area contributed by atoms with Gasteiger partial charge in [-0.2, -0.15) is 0 Å². The van der Waals surface area contributed by atoms with Gasteiger partial charge in [-0.25, -0.2) is 4.98 Å². The second-order valence-corrected chi connectivity index (χ2v) is 12.6. The minimum atomic E-state index is -0.0191. The van der Waals surface area contributed by atoms with Crippen molar-refractivity contribution in [2.24, 2.45) is 11.3 Å². The van der Waals surface area contributed by atoms with Gasteiger partial charge < -0.3 is 0 Å². The number of para-hydroxylation sites is 2. The van der Waals surface area contributed by atoms with Crippen LogP contribution in [0.4, 0.5) is 11.4 Å². The Morgan fingerprint density at radius 1 is 1.05 bits per heavy atom. The zero-order chi connectivity index (χ0) is 25.6. The molecule has 6 rings (SSSR count). The highest BCUT2D eigenvalue weighted by molar-refractivity contribution is 7.99. The number of anilines is 2. The third kappa shape index (κ3) is 4.53. The Morgan fingerprint density at radius 2 is 1.73 bits per heavy atom. The molecular weight excluding hydrogens is 498 g/mol. The molecule has 3 aromatic heterocycles. The Labute approximate surface area is 224 Å². The van der Waals surface area contributed by atoms with Crippen LogP contribution in [0, 0.1) is 11.3 Å². The molecule has 0 aliphatic heterocycles. The van der Waals surface area contributed by atoms with E-state index in [-0.39, 0.29) is 11.7 Å². The van der Waals surface area contributed by atoms with Gasteiger partial charge in [0.1, 0.15) is 11.2 Å². The van der Waals surface area contributed by atoms with Crippen LogP contribution in [-0.4, -0.2) is 31.2 Å². The number of thioether (sulfide) groups is 1. The Bertz CT molecular complexity index is 1530. The molecule has 0 unspecified atom stereocenters. The van der Waals surface area contributed by atoms with Gasteiger partial charge in [0.2, 0.25) is 5.91 Å². The molecule has 1 aliphatic rings. The van der Waals surface area contributed by atoms with Crippen LogP contribution in [0.15, 0.2) is 72.1 Å². The van der Waals surface area contributed by atoms with Crippen molar-refractivity contribution in [1.29, 1.82) is 0 Å². The van der Waals surface area contributed by atoms with E-state index >= 15 is 0 Å². The number of benzene rings is 2. The highest BCUT2D eigenvalue weighted by Crippen LogP contribution is 2.43. The molecule has 37 heavy (non-hydrogen) atoms. The fourth-order valence-corrected chi connectivity index (χ4v) is 7.19. The first kappa shape index (κ1) is 24.1. The number of carbonyl (C=O) groups is 1. The molecule has 0 spiro atoms. The number of carbonyl (C=O) groups excluding carboxylic acids is 1. The van der Waals surface area contributed by atoms with Gasteiger partial charge >= 0.3 is 0 Å². The second kappa shape index (κ2) is 9.58. The molecule has 0 bridgehead atoms. The summed E-state index contributed by atoms with van der Waals surface area (Å²) in [6, 6.07) is 19.5. The first-order valence-corrected chi connectivity index (χ1v) is 14.4. The Morgan fingerprint density at radius 3 is 2.38 bits per heavy atom. The largest absolute Gasteiger partial charge is 0.280 e. The SMILES string of the molecule is CC(C)(C)[C@H]1CCc2c(sc3ncn4c(SCC(=O)N(c5ccccc5)c5ccccc5)nnc4c23)C1. The Hall–Kier alpha value is -3.23. The van der Waals surface area contributed by atoms with Crippen molar-refractivity contribution in [2.45, 2.75) is 45.2 Å². The van der Waals surface area contributed by atoms with E-state index in [9.17, 15) is 4.79 Å². The summed E-state index contributed by atoms with van der Waals surface area (Å²) in [5.41, 5.74) is 4.21. The molecule has 0 radical (unpaired) electrons. The van der Waals surface area contributed by atoms with Crippen molar-refractivity contribution in [3.05, 3.63) is 77.4 Å². The minimum Gasteiger partial charge on any atom is -0.280 e. The van der Waals surface area contributed by atoms with Gasteiger partial charge in [0.25, 0.3) is 0 Å². The van der Waals surface area contributed by atoms with Gasteiger partial charge in [-0.15, -0.1) is 21.5 Å². The number of amides is 1. The number of nitrogens with zero attached hydrogens (tertiary/aromatic N) is 5. The number of aromatic nitrogens is 4. The highest BCUT2D eigenvalue weighted by atomic mass is 32.2. The summed E-state index contributed by atoms with van der Waals surface area (Å²) in [5.74, 6) is 0.892. The number of thiophene rings is 1. The number of rotatable bonds is 5. The highest BCUT2D eigenvalue weighted by Gasteiger charge is 2.32. The minimum absolute atomic E-state index is 0.0191. The van der Waals surface area contributed by atoms with Crippen LogP contribution in [0.25, 0.3) is 15.9 Å². The molecule has 5 aromatic rings. The van der Waals surface area contributed by atoms with Crippen molar-refractivity contribution >= 4 is 56.2 Å². The topological polar surface area (TPSA) is 63.4 Å². The van der Waals surface area contributed by atoms with Crippen molar-refractivity contribution < 1.29 is 4.79 Å². The summed E-state index contributed by atoms with van der Waals surface area (Å²) in [6.07, 6.45) is 5.14. The zero-order valence-corrected chi connectivity index (χ0v) is 22.9. The van der Waals surface area contributed by atoms with E-state index in [1.165, 1.54) is 28.6 Å². The maximum Gasteiger partial charge on any atom is 0.242 e. The maximum atomic E-state index is 13.5. The van der Waals surface area contributed by atoms with Gasteiger partial charge in [0.05, 0.1) is 11.1 Å². The molecule has 3 heterocycles. The third-order valence-electron chi connectivity index (χ3n) is 7.25. The normalized spacial score (nSPS) is 15.7. The van der Waals surface area contributed by atoms with Gasteiger partial charge in [0, 0.05) is 16.3 Å². The fourth-order valence-electron chi connectivity index (χ4n) is 5.17. The van der Waals surface area contributed by atoms with Crippen molar-refractivity contribution in [2.75, 3.05) is 10.7 Å². The smallest absolute Gasteiger partial charge is 0.242 e. The molecule has 0 saturated carbocycles. The van der Waals surface area contributed by atoms with Crippen LogP contribution in [0.1, 0.15) is 37.6 Å². The lowest BCUT2D eigenvalue weighted by Gasteiger charge is -2.33. The molecular formula is C29H29N5OS2. The van der Waals surface area contributed by atoms with Crippen LogP contribution in [-0.2, 0) is 17.6 Å². The first-order valence-electron chi connectivity index (χ1n) is 12.6. The third-order valence-corrected chi connectivity index (χ3v) is 9.34. The van der Waals surface area contributed by atoms with E-state index in [0.717, 1.165) is 40.1 Å². The van der Waals surface area contributed by atoms with Crippen LogP contribution in [0.2, 0.25) is 0 Å². The van der Waals surface area contributed by atoms with Gasteiger partial charge in [0.15, 0.2) is 10.8 Å². The molecule has 1 aliphatic carbocycles. The van der Waals surface area contributed by atoms with E-state index in [2.05, 4.69) is 31.0 Å². The summed E-state index contributed by atoms with van der Waals surface area (Å²) in [4.78, 5) is 22.5. The molecule has 188 valence electrons. The molecule has 1 atom stereocenters. The van der Waals surface area contributed by atoms with Crippen molar-refractivity contribution in [3.8, 4) is 0 Å². The van der Waals surface area contributed by atoms with Gasteiger partial charge in [-0.3, -0.25) is 14.1 Å². The van der Waals surface area contributed by atoms with Crippen LogP contribution >= 0.6 is 23.1 Å².